The summed E-state index contributed by atoms with van der Waals surface area (Å²) < 4.78 is 5.27. The Balaban J connectivity index is 0.00000208. The highest BCUT2D eigenvalue weighted by molar-refractivity contribution is 14.0. The number of likely N-dealkylation sites (tertiary alicyclic amines) is 1. The molecule has 1 saturated heterocycles. The Hall–Kier alpha value is -1.02. The lowest BCUT2D eigenvalue weighted by Crippen LogP contribution is -2.37. The van der Waals surface area contributed by atoms with E-state index in [9.17, 15) is 0 Å². The highest BCUT2D eigenvalue weighted by Crippen LogP contribution is 2.26. The van der Waals surface area contributed by atoms with E-state index in [2.05, 4.69) is 27.3 Å². The Labute approximate surface area is 162 Å². The molecule has 24 heavy (non-hydrogen) atoms. The topological polar surface area (TPSA) is 62.9 Å². The van der Waals surface area contributed by atoms with Crippen molar-refractivity contribution < 1.29 is 4.74 Å². The molecule has 134 valence electrons. The maximum Gasteiger partial charge on any atom is 0.188 e. The van der Waals surface area contributed by atoms with E-state index in [1.54, 1.807) is 7.11 Å². The van der Waals surface area contributed by atoms with Crippen molar-refractivity contribution in [2.24, 2.45) is 10.7 Å². The van der Waals surface area contributed by atoms with Gasteiger partial charge in [0, 0.05) is 6.04 Å². The fourth-order valence-corrected chi connectivity index (χ4v) is 3.16. The van der Waals surface area contributed by atoms with Crippen molar-refractivity contribution in [3.8, 4) is 5.75 Å². The van der Waals surface area contributed by atoms with Gasteiger partial charge in [0.1, 0.15) is 5.75 Å². The number of nitrogens with two attached hydrogens (primary N) is 1. The van der Waals surface area contributed by atoms with Gasteiger partial charge in [0.15, 0.2) is 5.96 Å². The molecular weight excluding hydrogens is 415 g/mol. The number of piperidine rings is 1. The third-order valence-electron chi connectivity index (χ3n) is 4.70. The Morgan fingerprint density at radius 2 is 1.92 bits per heavy atom. The van der Waals surface area contributed by atoms with E-state index in [0.717, 1.165) is 18.8 Å². The molecule has 1 aromatic carbocycles. The largest absolute Gasteiger partial charge is 0.497 e. The van der Waals surface area contributed by atoms with Gasteiger partial charge in [0.2, 0.25) is 0 Å². The molecule has 0 bridgehead atoms. The lowest BCUT2D eigenvalue weighted by Gasteiger charge is -2.34. The van der Waals surface area contributed by atoms with Crippen LogP contribution < -0.4 is 15.8 Å². The second-order valence-corrected chi connectivity index (χ2v) is 6.53. The van der Waals surface area contributed by atoms with Crippen molar-refractivity contribution in [3.63, 3.8) is 0 Å². The number of methoxy groups -OCH3 is 1. The van der Waals surface area contributed by atoms with Gasteiger partial charge in [-0.1, -0.05) is 18.6 Å². The first kappa shape index (κ1) is 19.3. The molecule has 1 atom stereocenters. The summed E-state index contributed by atoms with van der Waals surface area (Å²) >= 11 is 0. The molecule has 1 heterocycles. The molecular formula is C18H29IN4O. The molecule has 3 rings (SSSR count). The number of guanidine groups is 1. The number of aliphatic imine (C=N–C) groups is 1. The minimum Gasteiger partial charge on any atom is -0.497 e. The average molecular weight is 444 g/mol. The first-order valence-electron chi connectivity index (χ1n) is 8.70. The summed E-state index contributed by atoms with van der Waals surface area (Å²) in [5.41, 5.74) is 7.30. The van der Waals surface area contributed by atoms with Crippen LogP contribution in [0.3, 0.4) is 0 Å². The zero-order valence-corrected chi connectivity index (χ0v) is 16.7. The molecule has 0 spiro atoms. The standard InChI is InChI=1S/C18H28N4O.HI/c1-23-16-9-5-14(6-10-16)17(22-11-3-2-4-12-22)13-20-18(19)21-15-7-8-15;/h5-6,9-10,15,17H,2-4,7-8,11-13H2,1H3,(H3,19,20,21);1H. The lowest BCUT2D eigenvalue weighted by atomic mass is 10.0. The number of hydrogen-bond acceptors (Lipinski definition) is 3. The summed E-state index contributed by atoms with van der Waals surface area (Å²) in [7, 11) is 1.70. The normalized spacial score (nSPS) is 20.1. The fourth-order valence-electron chi connectivity index (χ4n) is 3.16. The predicted octanol–water partition coefficient (Wildman–Crippen LogP) is 2.91. The van der Waals surface area contributed by atoms with E-state index in [4.69, 9.17) is 10.5 Å². The average Bonchev–Trinajstić information content (AvgIpc) is 3.40. The quantitative estimate of drug-likeness (QED) is 0.403. The summed E-state index contributed by atoms with van der Waals surface area (Å²) in [6.45, 7) is 2.99. The number of hydrogen-bond donors (Lipinski definition) is 2. The van der Waals surface area contributed by atoms with Crippen LogP contribution >= 0.6 is 24.0 Å². The zero-order chi connectivity index (χ0) is 16.1. The molecule has 6 heteroatoms. The van der Waals surface area contributed by atoms with E-state index in [1.165, 1.54) is 37.7 Å². The van der Waals surface area contributed by atoms with Crippen molar-refractivity contribution >= 4 is 29.9 Å². The number of ether oxygens (including phenoxy) is 1. The number of nitrogens with zero attached hydrogens (tertiary/aromatic N) is 2. The van der Waals surface area contributed by atoms with Gasteiger partial charge in [0.25, 0.3) is 0 Å². The van der Waals surface area contributed by atoms with Gasteiger partial charge in [0.05, 0.1) is 19.7 Å². The molecule has 5 nitrogen and oxygen atoms in total. The minimum atomic E-state index is 0. The lowest BCUT2D eigenvalue weighted by molar-refractivity contribution is 0.167. The van der Waals surface area contributed by atoms with Crippen LogP contribution in [-0.4, -0.2) is 43.6 Å². The molecule has 2 fully saturated rings. The van der Waals surface area contributed by atoms with E-state index in [0.29, 0.717) is 24.6 Å². The van der Waals surface area contributed by atoms with Gasteiger partial charge in [-0.3, -0.25) is 9.89 Å². The second-order valence-electron chi connectivity index (χ2n) is 6.53. The van der Waals surface area contributed by atoms with Crippen molar-refractivity contribution in [2.75, 3.05) is 26.7 Å². The number of benzene rings is 1. The van der Waals surface area contributed by atoms with E-state index in [1.807, 2.05) is 12.1 Å². The number of halogens is 1. The highest BCUT2D eigenvalue weighted by atomic mass is 127. The van der Waals surface area contributed by atoms with Crippen LogP contribution in [0.25, 0.3) is 0 Å². The van der Waals surface area contributed by atoms with Crippen LogP contribution in [0, 0.1) is 0 Å². The Morgan fingerprint density at radius 1 is 1.25 bits per heavy atom. The molecule has 1 unspecified atom stereocenters. The summed E-state index contributed by atoms with van der Waals surface area (Å²) in [6, 6.07) is 9.20. The molecule has 2 aliphatic rings. The van der Waals surface area contributed by atoms with Gasteiger partial charge < -0.3 is 15.8 Å². The smallest absolute Gasteiger partial charge is 0.188 e. The van der Waals surface area contributed by atoms with Crippen LogP contribution in [0.4, 0.5) is 0 Å². The SMILES string of the molecule is COc1ccc(C(CN=C(N)NC2CC2)N2CCCCC2)cc1.I. The maximum absolute atomic E-state index is 6.02. The van der Waals surface area contributed by atoms with Crippen molar-refractivity contribution in [1.82, 2.24) is 10.2 Å². The molecule has 0 amide bonds. The Morgan fingerprint density at radius 3 is 2.50 bits per heavy atom. The van der Waals surface area contributed by atoms with Gasteiger partial charge in [-0.25, -0.2) is 0 Å². The van der Waals surface area contributed by atoms with Crippen molar-refractivity contribution in [3.05, 3.63) is 29.8 Å². The van der Waals surface area contributed by atoms with E-state index < -0.39 is 0 Å². The number of rotatable bonds is 6. The molecule has 3 N–H and O–H groups in total. The molecule has 0 radical (unpaired) electrons. The third kappa shape index (κ3) is 5.51. The zero-order valence-electron chi connectivity index (χ0n) is 14.4. The summed E-state index contributed by atoms with van der Waals surface area (Å²) in [4.78, 5) is 7.15. The third-order valence-corrected chi connectivity index (χ3v) is 4.70. The highest BCUT2D eigenvalue weighted by Gasteiger charge is 2.24. The monoisotopic (exact) mass is 444 g/mol. The number of nitrogens with one attached hydrogen (secondary N) is 1. The second kappa shape index (κ2) is 9.46. The first-order valence-corrected chi connectivity index (χ1v) is 8.70. The molecule has 1 aliphatic heterocycles. The van der Waals surface area contributed by atoms with Crippen LogP contribution in [0.15, 0.2) is 29.3 Å². The predicted molar refractivity (Wildman–Crippen MR) is 109 cm³/mol. The molecule has 1 aliphatic carbocycles. The van der Waals surface area contributed by atoms with E-state index in [-0.39, 0.29) is 24.0 Å². The van der Waals surface area contributed by atoms with Gasteiger partial charge in [-0.2, -0.15) is 0 Å². The minimum absolute atomic E-state index is 0. The molecule has 1 saturated carbocycles. The fraction of sp³-hybridized carbons (Fsp3) is 0.611. The first-order chi connectivity index (χ1) is 11.3. The summed E-state index contributed by atoms with van der Waals surface area (Å²) in [5.74, 6) is 1.48. The molecule has 0 aromatic heterocycles. The van der Waals surface area contributed by atoms with Gasteiger partial charge in [-0.05, 0) is 56.5 Å². The Kier molecular flexibility index (Phi) is 7.61. The van der Waals surface area contributed by atoms with Crippen LogP contribution in [-0.2, 0) is 0 Å². The molecule has 1 aromatic rings. The van der Waals surface area contributed by atoms with Crippen LogP contribution in [0.1, 0.15) is 43.7 Å². The van der Waals surface area contributed by atoms with Gasteiger partial charge >= 0.3 is 0 Å². The Bertz CT molecular complexity index is 524. The summed E-state index contributed by atoms with van der Waals surface area (Å²) in [6.07, 6.45) is 6.30. The van der Waals surface area contributed by atoms with Crippen LogP contribution in [0.5, 0.6) is 5.75 Å². The van der Waals surface area contributed by atoms with Crippen molar-refractivity contribution in [1.29, 1.82) is 0 Å². The van der Waals surface area contributed by atoms with Crippen LogP contribution in [0.2, 0.25) is 0 Å². The maximum atomic E-state index is 6.02. The van der Waals surface area contributed by atoms with Crippen molar-refractivity contribution in [2.45, 2.75) is 44.2 Å². The summed E-state index contributed by atoms with van der Waals surface area (Å²) in [5, 5.41) is 3.27. The van der Waals surface area contributed by atoms with Gasteiger partial charge in [-0.15, -0.1) is 24.0 Å². The van der Waals surface area contributed by atoms with E-state index >= 15 is 0 Å².